The van der Waals surface area contributed by atoms with Gasteiger partial charge in [0.2, 0.25) is 0 Å². The second-order valence-corrected chi connectivity index (χ2v) is 10.9. The minimum absolute atomic E-state index is 0.170. The first-order chi connectivity index (χ1) is 18.5. The lowest BCUT2D eigenvalue weighted by Crippen LogP contribution is -2.33. The molecule has 4 heterocycles. The fourth-order valence-corrected chi connectivity index (χ4v) is 6.21. The van der Waals surface area contributed by atoms with E-state index in [1.165, 1.54) is 12.8 Å². The number of phenolic OH excluding ortho intramolecular Hbond substituents is 1. The van der Waals surface area contributed by atoms with Crippen LogP contribution in [0.2, 0.25) is 5.02 Å². The van der Waals surface area contributed by atoms with Gasteiger partial charge in [0.1, 0.15) is 11.8 Å². The fraction of sp³-hybridized carbons (Fsp3) is 0.267. The molecule has 0 radical (unpaired) electrons. The molecule has 4 aromatic rings. The van der Waals surface area contributed by atoms with Crippen molar-refractivity contribution < 1.29 is 5.11 Å². The number of anilines is 2. The second-order valence-electron chi connectivity index (χ2n) is 10.1. The van der Waals surface area contributed by atoms with Gasteiger partial charge in [-0.15, -0.1) is 0 Å². The van der Waals surface area contributed by atoms with Crippen molar-refractivity contribution in [2.75, 3.05) is 22.9 Å². The van der Waals surface area contributed by atoms with E-state index in [0.29, 0.717) is 5.11 Å². The summed E-state index contributed by atoms with van der Waals surface area (Å²) in [5.41, 5.74) is 4.91. The van der Waals surface area contributed by atoms with Crippen molar-refractivity contribution in [3.63, 3.8) is 0 Å². The van der Waals surface area contributed by atoms with E-state index >= 15 is 0 Å². The molecule has 0 unspecified atom stereocenters. The molecule has 2 saturated heterocycles. The largest absolute Gasteiger partial charge is 0.508 e. The SMILES string of the molecule is CC1CCN(c2ccc(N3C(=S)N[C@H](c4ccccn4)[C@H]3c3cccn3-c3ccc(O)cc3)cc2Cl)CC1. The average Bonchev–Trinajstić information content (AvgIpc) is 3.54. The summed E-state index contributed by atoms with van der Waals surface area (Å²) in [7, 11) is 0. The third-order valence-electron chi connectivity index (χ3n) is 7.64. The number of halogens is 1. The maximum Gasteiger partial charge on any atom is 0.174 e. The highest BCUT2D eigenvalue weighted by Gasteiger charge is 2.42. The Morgan fingerprint density at radius 1 is 0.974 bits per heavy atom. The van der Waals surface area contributed by atoms with Gasteiger partial charge in [0.15, 0.2) is 5.11 Å². The van der Waals surface area contributed by atoms with Gasteiger partial charge in [-0.3, -0.25) is 4.98 Å². The molecule has 38 heavy (non-hydrogen) atoms. The lowest BCUT2D eigenvalue weighted by atomic mass is 9.98. The van der Waals surface area contributed by atoms with Crippen LogP contribution in [0.5, 0.6) is 5.75 Å². The number of piperidine rings is 1. The molecule has 6 nitrogen and oxygen atoms in total. The molecular formula is C30H30ClN5OS. The van der Waals surface area contributed by atoms with Gasteiger partial charge in [-0.25, -0.2) is 0 Å². The summed E-state index contributed by atoms with van der Waals surface area (Å²) in [6, 6.07) is 23.2. The molecule has 0 aliphatic carbocycles. The van der Waals surface area contributed by atoms with Crippen LogP contribution < -0.4 is 15.1 Å². The van der Waals surface area contributed by atoms with Crippen LogP contribution in [-0.2, 0) is 0 Å². The van der Waals surface area contributed by atoms with E-state index in [9.17, 15) is 5.11 Å². The summed E-state index contributed by atoms with van der Waals surface area (Å²) in [6.45, 7) is 4.36. The molecule has 2 aromatic carbocycles. The topological polar surface area (TPSA) is 56.6 Å². The van der Waals surface area contributed by atoms with Crippen LogP contribution in [0.15, 0.2) is 85.2 Å². The van der Waals surface area contributed by atoms with Crippen molar-refractivity contribution in [3.8, 4) is 11.4 Å². The standard InChI is InChI=1S/C30H30ClN5OS/c1-20-13-17-34(18-14-20)26-12-9-22(19-24(26)31)36-29(28(33-30(36)38)25-5-2-3-15-32-25)27-6-4-16-35(27)21-7-10-23(37)11-8-21/h2-12,15-16,19-20,28-29,37H,13-14,17-18H2,1H3,(H,33,38)/t28-,29-/m1/s1. The van der Waals surface area contributed by atoms with Gasteiger partial charge < -0.3 is 24.8 Å². The number of benzene rings is 2. The summed E-state index contributed by atoms with van der Waals surface area (Å²) in [5.74, 6) is 0.989. The third-order valence-corrected chi connectivity index (χ3v) is 8.26. The zero-order valence-electron chi connectivity index (χ0n) is 21.2. The average molecular weight is 544 g/mol. The highest BCUT2D eigenvalue weighted by atomic mass is 35.5. The molecular weight excluding hydrogens is 514 g/mol. The number of nitrogens with one attached hydrogen (secondary N) is 1. The number of aromatic nitrogens is 2. The van der Waals surface area contributed by atoms with Gasteiger partial charge in [-0.05, 0) is 97.7 Å². The van der Waals surface area contributed by atoms with Crippen LogP contribution in [0.25, 0.3) is 5.69 Å². The molecule has 2 N–H and O–H groups in total. The monoisotopic (exact) mass is 543 g/mol. The Morgan fingerprint density at radius 3 is 2.45 bits per heavy atom. The van der Waals surface area contributed by atoms with Gasteiger partial charge in [0, 0.05) is 42.6 Å². The molecule has 0 saturated carbocycles. The van der Waals surface area contributed by atoms with E-state index in [2.05, 4.69) is 49.8 Å². The van der Waals surface area contributed by atoms with Gasteiger partial charge in [0.25, 0.3) is 0 Å². The van der Waals surface area contributed by atoms with E-state index in [1.54, 1.807) is 12.1 Å². The van der Waals surface area contributed by atoms with Gasteiger partial charge in [0.05, 0.1) is 22.4 Å². The Labute approximate surface area is 233 Å². The minimum Gasteiger partial charge on any atom is -0.508 e. The Balaban J connectivity index is 1.42. The van der Waals surface area contributed by atoms with E-state index < -0.39 is 0 Å². The molecule has 6 rings (SSSR count). The van der Waals surface area contributed by atoms with Crippen molar-refractivity contribution >= 4 is 40.3 Å². The van der Waals surface area contributed by atoms with Gasteiger partial charge in [-0.2, -0.15) is 0 Å². The van der Waals surface area contributed by atoms with Crippen LogP contribution in [0.1, 0.15) is 43.2 Å². The lowest BCUT2D eigenvalue weighted by molar-refractivity contribution is 0.438. The van der Waals surface area contributed by atoms with Crippen LogP contribution >= 0.6 is 23.8 Å². The predicted molar refractivity (Wildman–Crippen MR) is 157 cm³/mol. The van der Waals surface area contributed by atoms with Gasteiger partial charge >= 0.3 is 0 Å². The van der Waals surface area contributed by atoms with E-state index in [4.69, 9.17) is 23.8 Å². The second kappa shape index (κ2) is 10.3. The molecule has 2 atom stereocenters. The zero-order valence-corrected chi connectivity index (χ0v) is 22.7. The van der Waals surface area contributed by atoms with E-state index in [-0.39, 0.29) is 17.8 Å². The molecule has 8 heteroatoms. The number of aromatic hydroxyl groups is 1. The van der Waals surface area contributed by atoms with Gasteiger partial charge in [-0.1, -0.05) is 24.6 Å². The molecule has 0 spiro atoms. The number of hydrogen-bond acceptors (Lipinski definition) is 4. The van der Waals surface area contributed by atoms with Crippen LogP contribution in [0, 0.1) is 5.92 Å². The molecule has 194 valence electrons. The number of rotatable bonds is 5. The molecule has 2 aromatic heterocycles. The number of pyridine rings is 1. The smallest absolute Gasteiger partial charge is 0.174 e. The summed E-state index contributed by atoms with van der Waals surface area (Å²) < 4.78 is 2.13. The molecule has 0 amide bonds. The first-order valence-corrected chi connectivity index (χ1v) is 13.8. The Morgan fingerprint density at radius 2 is 1.74 bits per heavy atom. The summed E-state index contributed by atoms with van der Waals surface area (Å²) in [4.78, 5) is 9.21. The number of phenols is 1. The van der Waals surface area contributed by atoms with Crippen LogP contribution in [0.4, 0.5) is 11.4 Å². The maximum absolute atomic E-state index is 9.84. The molecule has 2 aliphatic heterocycles. The van der Waals surface area contributed by atoms with Crippen LogP contribution in [-0.4, -0.2) is 32.9 Å². The molecule has 0 bridgehead atoms. The van der Waals surface area contributed by atoms with Crippen molar-refractivity contribution in [3.05, 3.63) is 102 Å². The maximum atomic E-state index is 9.84. The lowest BCUT2D eigenvalue weighted by Gasteiger charge is -2.33. The first-order valence-electron chi connectivity index (χ1n) is 13.0. The minimum atomic E-state index is -0.182. The Bertz CT molecular complexity index is 1430. The van der Waals surface area contributed by atoms with Crippen molar-refractivity contribution in [1.29, 1.82) is 0 Å². The Kier molecular flexibility index (Phi) is 6.72. The zero-order chi connectivity index (χ0) is 26.2. The molecule has 2 aliphatic rings. The number of hydrogen-bond donors (Lipinski definition) is 2. The van der Waals surface area contributed by atoms with E-state index in [1.807, 2.05) is 54.9 Å². The summed E-state index contributed by atoms with van der Waals surface area (Å²) in [5, 5.41) is 14.7. The molecule has 2 fully saturated rings. The van der Waals surface area contributed by atoms with Crippen molar-refractivity contribution in [2.24, 2.45) is 5.92 Å². The van der Waals surface area contributed by atoms with Crippen molar-refractivity contribution in [1.82, 2.24) is 14.9 Å². The highest BCUT2D eigenvalue weighted by molar-refractivity contribution is 7.80. The predicted octanol–water partition coefficient (Wildman–Crippen LogP) is 6.64. The summed E-state index contributed by atoms with van der Waals surface area (Å²) in [6.07, 6.45) is 6.20. The fourth-order valence-electron chi connectivity index (χ4n) is 5.57. The highest BCUT2D eigenvalue weighted by Crippen LogP contribution is 2.44. The first kappa shape index (κ1) is 24.8. The number of thiocarbonyl (C=S) groups is 1. The Hall–Kier alpha value is -3.55. The van der Waals surface area contributed by atoms with Crippen molar-refractivity contribution in [2.45, 2.75) is 31.8 Å². The summed E-state index contributed by atoms with van der Waals surface area (Å²) >= 11 is 12.9. The number of nitrogens with zero attached hydrogens (tertiary/aromatic N) is 4. The van der Waals surface area contributed by atoms with Crippen LogP contribution in [0.3, 0.4) is 0 Å². The third kappa shape index (κ3) is 4.61. The quantitative estimate of drug-likeness (QED) is 0.275. The normalized spacial score (nSPS) is 20.1. The van der Waals surface area contributed by atoms with E-state index in [0.717, 1.165) is 52.5 Å².